The van der Waals surface area contributed by atoms with Crippen molar-refractivity contribution in [1.82, 2.24) is 9.61 Å². The largest absolute Gasteiger partial charge is 0.473 e. The van der Waals surface area contributed by atoms with E-state index in [-0.39, 0.29) is 19.1 Å². The van der Waals surface area contributed by atoms with Crippen LogP contribution >= 0.6 is 0 Å². The molecule has 6 heteroatoms. The molecule has 2 heterocycles. The van der Waals surface area contributed by atoms with E-state index in [9.17, 15) is 0 Å². The summed E-state index contributed by atoms with van der Waals surface area (Å²) in [5.74, 6) is 0.864. The van der Waals surface area contributed by atoms with Crippen LogP contribution in [0.25, 0.3) is 5.52 Å². The van der Waals surface area contributed by atoms with Crippen LogP contribution in [0.1, 0.15) is 13.3 Å². The van der Waals surface area contributed by atoms with E-state index < -0.39 is 0 Å². The molecule has 0 spiro atoms. The van der Waals surface area contributed by atoms with E-state index in [4.69, 9.17) is 20.2 Å². The molecule has 0 radical (unpaired) electrons. The van der Waals surface area contributed by atoms with Crippen molar-refractivity contribution in [1.29, 1.82) is 5.41 Å². The Bertz CT molecular complexity index is 923. The first-order valence-corrected chi connectivity index (χ1v) is 8.42. The Morgan fingerprint density at radius 1 is 1.44 bits per heavy atom. The normalized spacial score (nSPS) is 24.0. The molecule has 128 valence electrons. The number of aliphatic hydroxyl groups is 1. The third kappa shape index (κ3) is 2.68. The maximum atomic E-state index is 9.05. The number of fused-ring (bicyclic) bond motifs is 2. The molecule has 0 bridgehead atoms. The quantitative estimate of drug-likeness (QED) is 0.842. The summed E-state index contributed by atoms with van der Waals surface area (Å²) in [7, 11) is 0. The highest BCUT2D eigenvalue weighted by molar-refractivity contribution is 6.48. The molecule has 0 amide bonds. The second kappa shape index (κ2) is 6.29. The molecule has 0 aliphatic heterocycles. The summed E-state index contributed by atoms with van der Waals surface area (Å²) in [4.78, 5) is 4.74. The van der Waals surface area contributed by atoms with Gasteiger partial charge in [0.1, 0.15) is 6.61 Å². The predicted molar refractivity (Wildman–Crippen MR) is 97.1 cm³/mol. The van der Waals surface area contributed by atoms with E-state index in [0.717, 1.165) is 11.9 Å². The fourth-order valence-corrected chi connectivity index (χ4v) is 3.51. The number of nitrogens with one attached hydrogen (secondary N) is 1. The van der Waals surface area contributed by atoms with Crippen LogP contribution in [-0.2, 0) is 0 Å². The van der Waals surface area contributed by atoms with Gasteiger partial charge in [-0.15, -0.1) is 5.10 Å². The Morgan fingerprint density at radius 3 is 3.16 bits per heavy atom. The van der Waals surface area contributed by atoms with Crippen molar-refractivity contribution in [3.63, 3.8) is 0 Å². The molecular weight excluding hydrogens is 316 g/mol. The summed E-state index contributed by atoms with van der Waals surface area (Å²) in [6.45, 7) is 2.17. The van der Waals surface area contributed by atoms with Gasteiger partial charge in [-0.25, -0.2) is 9.51 Å². The standard InChI is InChI=1S/C19H20N4O2/c1-12-11-15(17(20)14-6-4-5-13(12)14)21-18-16-7-2-3-8-23(16)22-19(18)25-10-9-24/h2-4,6-8,11,13-14,20,24H,5,9-10H2,1H3. The van der Waals surface area contributed by atoms with E-state index in [1.807, 2.05) is 30.5 Å². The lowest BCUT2D eigenvalue weighted by Gasteiger charge is -2.26. The van der Waals surface area contributed by atoms with Crippen molar-refractivity contribution in [2.45, 2.75) is 13.3 Å². The van der Waals surface area contributed by atoms with Gasteiger partial charge in [0.15, 0.2) is 5.69 Å². The summed E-state index contributed by atoms with van der Waals surface area (Å²) in [5.41, 5.74) is 3.84. The highest BCUT2D eigenvalue weighted by atomic mass is 16.5. The zero-order valence-corrected chi connectivity index (χ0v) is 14.0. The van der Waals surface area contributed by atoms with Crippen molar-refractivity contribution in [3.8, 4) is 5.88 Å². The molecule has 0 fully saturated rings. The first kappa shape index (κ1) is 15.8. The van der Waals surface area contributed by atoms with Crippen LogP contribution in [0.4, 0.5) is 5.69 Å². The van der Waals surface area contributed by atoms with Gasteiger partial charge in [-0.1, -0.05) is 23.8 Å². The average molecular weight is 336 g/mol. The van der Waals surface area contributed by atoms with Crippen LogP contribution in [0.3, 0.4) is 0 Å². The van der Waals surface area contributed by atoms with Crippen molar-refractivity contribution >= 4 is 22.6 Å². The fourth-order valence-electron chi connectivity index (χ4n) is 3.51. The van der Waals surface area contributed by atoms with Gasteiger partial charge in [-0.3, -0.25) is 0 Å². The van der Waals surface area contributed by atoms with Crippen LogP contribution < -0.4 is 4.74 Å². The molecule has 2 atom stereocenters. The van der Waals surface area contributed by atoms with Gasteiger partial charge in [0, 0.05) is 12.1 Å². The molecule has 0 saturated carbocycles. The molecular formula is C19H20N4O2. The minimum atomic E-state index is -0.0900. The van der Waals surface area contributed by atoms with Crippen LogP contribution in [0, 0.1) is 17.2 Å². The molecule has 0 aromatic carbocycles. The predicted octanol–water partition coefficient (Wildman–Crippen LogP) is 2.95. The van der Waals surface area contributed by atoms with Gasteiger partial charge in [0.2, 0.25) is 0 Å². The number of aromatic nitrogens is 2. The second-order valence-corrected chi connectivity index (χ2v) is 6.35. The van der Waals surface area contributed by atoms with Gasteiger partial charge in [0.05, 0.1) is 23.5 Å². The third-order valence-corrected chi connectivity index (χ3v) is 4.77. The minimum absolute atomic E-state index is 0.0900. The topological polar surface area (TPSA) is 83.0 Å². The molecule has 4 rings (SSSR count). The van der Waals surface area contributed by atoms with E-state index in [0.29, 0.717) is 28.9 Å². The summed E-state index contributed by atoms with van der Waals surface area (Å²) in [5, 5.41) is 22.0. The number of rotatable bonds is 4. The van der Waals surface area contributed by atoms with E-state index >= 15 is 0 Å². The molecule has 25 heavy (non-hydrogen) atoms. The molecule has 2 aliphatic rings. The lowest BCUT2D eigenvalue weighted by Crippen LogP contribution is -2.30. The number of ether oxygens (including phenoxy) is 1. The number of hydrogen-bond donors (Lipinski definition) is 2. The summed E-state index contributed by atoms with van der Waals surface area (Å²) in [6, 6.07) is 5.71. The number of aliphatic imine (C=N–C) groups is 1. The van der Waals surface area contributed by atoms with E-state index in [1.54, 1.807) is 4.52 Å². The highest BCUT2D eigenvalue weighted by Gasteiger charge is 2.33. The van der Waals surface area contributed by atoms with Crippen molar-refractivity contribution in [2.75, 3.05) is 13.2 Å². The Morgan fingerprint density at radius 2 is 2.32 bits per heavy atom. The molecule has 2 aromatic heterocycles. The Kier molecular flexibility index (Phi) is 3.97. The Hall–Kier alpha value is -2.73. The number of aliphatic hydroxyl groups excluding tert-OH is 1. The fraction of sp³-hybridized carbons (Fsp3) is 0.316. The molecule has 6 nitrogen and oxygen atoms in total. The summed E-state index contributed by atoms with van der Waals surface area (Å²) < 4.78 is 7.27. The zero-order valence-electron chi connectivity index (χ0n) is 14.0. The van der Waals surface area contributed by atoms with Gasteiger partial charge in [-0.05, 0) is 37.5 Å². The van der Waals surface area contributed by atoms with Gasteiger partial charge < -0.3 is 15.3 Å². The number of nitrogens with zero attached hydrogens (tertiary/aromatic N) is 3. The van der Waals surface area contributed by atoms with Gasteiger partial charge >= 0.3 is 0 Å². The number of hydrogen-bond acceptors (Lipinski definition) is 5. The number of allylic oxidation sites excluding steroid dienone is 4. The van der Waals surface area contributed by atoms with Crippen molar-refractivity contribution < 1.29 is 9.84 Å². The first-order valence-electron chi connectivity index (χ1n) is 8.42. The Labute approximate surface area is 145 Å². The first-order chi connectivity index (χ1) is 12.2. The summed E-state index contributed by atoms with van der Waals surface area (Å²) in [6.07, 6.45) is 9.07. The minimum Gasteiger partial charge on any atom is -0.473 e. The molecule has 2 unspecified atom stereocenters. The van der Waals surface area contributed by atoms with E-state index in [2.05, 4.69) is 24.2 Å². The van der Waals surface area contributed by atoms with Crippen LogP contribution in [0.15, 0.2) is 53.2 Å². The smallest absolute Gasteiger partial charge is 0.260 e. The Balaban J connectivity index is 1.82. The lowest BCUT2D eigenvalue weighted by molar-refractivity contribution is 0.197. The van der Waals surface area contributed by atoms with Crippen LogP contribution in [0.2, 0.25) is 0 Å². The van der Waals surface area contributed by atoms with Gasteiger partial charge in [-0.2, -0.15) is 0 Å². The lowest BCUT2D eigenvalue weighted by atomic mass is 9.79. The zero-order chi connectivity index (χ0) is 17.4. The average Bonchev–Trinajstić information content (AvgIpc) is 3.23. The van der Waals surface area contributed by atoms with Crippen LogP contribution in [-0.4, -0.2) is 39.4 Å². The maximum absolute atomic E-state index is 9.05. The maximum Gasteiger partial charge on any atom is 0.260 e. The van der Waals surface area contributed by atoms with Crippen LogP contribution in [0.5, 0.6) is 5.88 Å². The SMILES string of the molecule is CC1=CC(=Nc2c(OCCO)nn3ccccc23)C(=N)C2C=CCC12. The van der Waals surface area contributed by atoms with Gasteiger partial charge in [0.25, 0.3) is 5.88 Å². The molecule has 2 aromatic rings. The monoisotopic (exact) mass is 336 g/mol. The van der Waals surface area contributed by atoms with Crippen molar-refractivity contribution in [2.24, 2.45) is 16.8 Å². The summed E-state index contributed by atoms with van der Waals surface area (Å²) >= 11 is 0. The number of pyridine rings is 1. The second-order valence-electron chi connectivity index (χ2n) is 6.35. The van der Waals surface area contributed by atoms with Crippen molar-refractivity contribution in [3.05, 3.63) is 48.2 Å². The molecule has 0 saturated heterocycles. The molecule has 2 N–H and O–H groups in total. The third-order valence-electron chi connectivity index (χ3n) is 4.77. The highest BCUT2D eigenvalue weighted by Crippen LogP contribution is 2.38. The molecule has 2 aliphatic carbocycles. The van der Waals surface area contributed by atoms with E-state index in [1.165, 1.54) is 5.57 Å².